The van der Waals surface area contributed by atoms with Crippen LogP contribution in [0.3, 0.4) is 0 Å². The zero-order valence-corrected chi connectivity index (χ0v) is 28.5. The van der Waals surface area contributed by atoms with Crippen LogP contribution < -0.4 is 20.1 Å². The maximum atomic E-state index is 16.6. The Hall–Kier alpha value is -5.56. The number of aliphatic hydroxyl groups is 1. The molecule has 0 atom stereocenters. The van der Waals surface area contributed by atoms with Gasteiger partial charge in [0.15, 0.2) is 11.6 Å². The van der Waals surface area contributed by atoms with Crippen LogP contribution in [-0.2, 0) is 23.1 Å². The fourth-order valence-electron chi connectivity index (χ4n) is 5.72. The minimum Gasteiger partial charge on any atom is -0.482 e. The first kappa shape index (κ1) is 30.5. The van der Waals surface area contributed by atoms with Gasteiger partial charge in [0.05, 0.1) is 53.1 Å². The van der Waals surface area contributed by atoms with Crippen molar-refractivity contribution in [1.82, 2.24) is 25.0 Å². The number of aromatic nitrogens is 5. The first-order valence-electron chi connectivity index (χ1n) is 17.1. The second kappa shape index (κ2) is 11.8. The van der Waals surface area contributed by atoms with Crippen molar-refractivity contribution >= 4 is 34.5 Å². The Kier molecular flexibility index (Phi) is 7.19. The molecule has 1 spiro atoms. The van der Waals surface area contributed by atoms with E-state index in [-0.39, 0.29) is 62.0 Å². The summed E-state index contributed by atoms with van der Waals surface area (Å²) in [5.74, 6) is -1.66. The minimum atomic E-state index is -3.25. The molecule has 1 fully saturated rings. The summed E-state index contributed by atoms with van der Waals surface area (Å²) in [5.41, 5.74) is -4.55. The Balaban J connectivity index is 1.62. The largest absolute Gasteiger partial charge is 0.482 e. The highest BCUT2D eigenvalue weighted by Crippen LogP contribution is 2.52. The van der Waals surface area contributed by atoms with Gasteiger partial charge < -0.3 is 19.3 Å². The predicted octanol–water partition coefficient (Wildman–Crippen LogP) is 4.93. The molecule has 0 radical (unpaired) electrons. The lowest BCUT2D eigenvalue weighted by atomic mass is 9.96. The molecular formula is C34H37FN8O7. The van der Waals surface area contributed by atoms with E-state index in [0.717, 1.165) is 6.07 Å². The van der Waals surface area contributed by atoms with Crippen LogP contribution in [0.15, 0.2) is 23.1 Å². The molecule has 2 N–H and O–H groups in total. The summed E-state index contributed by atoms with van der Waals surface area (Å²) in [6, 6.07) is 4.41. The number of nitrogens with one attached hydrogen (secondary N) is 1. The Bertz CT molecular complexity index is 2280. The molecule has 15 nitrogen and oxygen atoms in total. The predicted molar refractivity (Wildman–Crippen MR) is 179 cm³/mol. The van der Waals surface area contributed by atoms with E-state index in [1.54, 1.807) is 20.8 Å². The van der Waals surface area contributed by atoms with Crippen molar-refractivity contribution < 1.29 is 37.4 Å². The smallest absolute Gasteiger partial charge is 0.415 e. The molecule has 1 aromatic carbocycles. The standard InChI is InChI=1S/C34H37FN8O7/c1-32(2,3)49-30(46)41(7)28-25-17(22(15-44)39-40-29(25)45)11-21(38-28)19-14-37-42(8)26(19)24-18(13-36)27-23(12-20(24)35)43(16-34(48-27)9-10-34)31(47)50-33(4,5)6/h11-12,14,44H,9-10,15-16H2,1-8H3,(H,40,45)/i7D3. The van der Waals surface area contributed by atoms with Crippen LogP contribution in [0.25, 0.3) is 33.3 Å². The lowest BCUT2D eigenvalue weighted by Crippen LogP contribution is -2.47. The summed E-state index contributed by atoms with van der Waals surface area (Å²) in [6.45, 7) is 5.76. The normalized spacial score (nSPS) is 16.1. The molecule has 0 saturated heterocycles. The molecule has 0 unspecified atom stereocenters. The van der Waals surface area contributed by atoms with Crippen LogP contribution in [0.4, 0.5) is 25.5 Å². The summed E-state index contributed by atoms with van der Waals surface area (Å²) in [4.78, 5) is 46.1. The number of carbonyl (C=O) groups excluding carboxylic acids is 2. The van der Waals surface area contributed by atoms with E-state index in [2.05, 4.69) is 20.3 Å². The first-order valence-corrected chi connectivity index (χ1v) is 15.6. The zero-order valence-electron chi connectivity index (χ0n) is 31.5. The monoisotopic (exact) mass is 691 g/mol. The third-order valence-corrected chi connectivity index (χ3v) is 8.02. The second-order valence-corrected chi connectivity index (χ2v) is 14.2. The van der Waals surface area contributed by atoms with Gasteiger partial charge in [-0.1, -0.05) is 0 Å². The third kappa shape index (κ3) is 6.09. The van der Waals surface area contributed by atoms with E-state index in [4.69, 9.17) is 18.3 Å². The third-order valence-electron chi connectivity index (χ3n) is 8.02. The molecule has 1 aliphatic carbocycles. The van der Waals surface area contributed by atoms with Crippen LogP contribution in [0.1, 0.15) is 69.8 Å². The molecule has 1 aliphatic heterocycles. The van der Waals surface area contributed by atoms with E-state index >= 15 is 4.39 Å². The van der Waals surface area contributed by atoms with Gasteiger partial charge in [-0.3, -0.25) is 19.3 Å². The van der Waals surface area contributed by atoms with E-state index in [1.807, 2.05) is 6.07 Å². The number of fused-ring (bicyclic) bond motifs is 2. The van der Waals surface area contributed by atoms with Crippen LogP contribution >= 0.6 is 0 Å². The number of aryl methyl sites for hydroxylation is 1. The summed E-state index contributed by atoms with van der Waals surface area (Å²) in [6.07, 6.45) is 0.315. The van der Waals surface area contributed by atoms with Gasteiger partial charge in [-0.15, -0.1) is 0 Å². The highest BCUT2D eigenvalue weighted by molar-refractivity contribution is 6.02. The number of aromatic amines is 1. The number of hydrogen-bond donors (Lipinski definition) is 2. The Labute approximate surface area is 290 Å². The van der Waals surface area contributed by atoms with Crippen molar-refractivity contribution in [3.05, 3.63) is 45.8 Å². The molecule has 2 aliphatic rings. The van der Waals surface area contributed by atoms with Gasteiger partial charge in [0.2, 0.25) is 0 Å². The van der Waals surface area contributed by atoms with E-state index in [9.17, 15) is 24.8 Å². The number of nitriles is 1. The molecule has 1 saturated carbocycles. The molecule has 0 bridgehead atoms. The Morgan fingerprint density at radius 1 is 1.22 bits per heavy atom. The first-order chi connectivity index (χ1) is 24.6. The van der Waals surface area contributed by atoms with Gasteiger partial charge in [0, 0.05) is 35.2 Å². The minimum absolute atomic E-state index is 0.00650. The van der Waals surface area contributed by atoms with Crippen molar-refractivity contribution in [2.24, 2.45) is 7.05 Å². The number of carbonyl (C=O) groups is 2. The molecule has 50 heavy (non-hydrogen) atoms. The van der Waals surface area contributed by atoms with Crippen LogP contribution in [0.5, 0.6) is 5.75 Å². The molecule has 262 valence electrons. The highest BCUT2D eigenvalue weighted by Gasteiger charge is 2.53. The van der Waals surface area contributed by atoms with Crippen molar-refractivity contribution in [2.75, 3.05) is 23.3 Å². The van der Waals surface area contributed by atoms with Gasteiger partial charge in [0.25, 0.3) is 5.56 Å². The summed E-state index contributed by atoms with van der Waals surface area (Å²) < 4.78 is 60.0. The topological polar surface area (TPSA) is 189 Å². The molecule has 3 aromatic heterocycles. The van der Waals surface area contributed by atoms with Crippen molar-refractivity contribution in [2.45, 2.75) is 77.8 Å². The zero-order chi connectivity index (χ0) is 39.0. The molecule has 4 aromatic rings. The van der Waals surface area contributed by atoms with Gasteiger partial charge in [0.1, 0.15) is 34.3 Å². The number of benzene rings is 1. The number of hydrogen-bond acceptors (Lipinski definition) is 11. The van der Waals surface area contributed by atoms with Crippen molar-refractivity contribution in [3.63, 3.8) is 0 Å². The number of nitrogens with zero attached hydrogens (tertiary/aromatic N) is 7. The van der Waals surface area contributed by atoms with Gasteiger partial charge in [-0.25, -0.2) is 24.1 Å². The van der Waals surface area contributed by atoms with E-state index in [1.165, 1.54) is 49.7 Å². The Morgan fingerprint density at radius 3 is 2.52 bits per heavy atom. The number of pyridine rings is 1. The molecule has 2 amide bonds. The number of amides is 2. The number of anilines is 2. The fourth-order valence-corrected chi connectivity index (χ4v) is 5.72. The van der Waals surface area contributed by atoms with Crippen molar-refractivity contribution in [3.8, 4) is 34.3 Å². The van der Waals surface area contributed by atoms with E-state index in [0.29, 0.717) is 12.8 Å². The Morgan fingerprint density at radius 2 is 1.92 bits per heavy atom. The summed E-state index contributed by atoms with van der Waals surface area (Å²) >= 11 is 0. The second-order valence-electron chi connectivity index (χ2n) is 14.2. The maximum absolute atomic E-state index is 16.6. The number of rotatable bonds is 4. The van der Waals surface area contributed by atoms with Gasteiger partial charge in [-0.05, 0) is 60.5 Å². The maximum Gasteiger partial charge on any atom is 0.415 e. The molecule has 16 heteroatoms. The van der Waals surface area contributed by atoms with Crippen molar-refractivity contribution in [1.29, 1.82) is 5.26 Å². The lowest BCUT2D eigenvalue weighted by molar-refractivity contribution is 0.0535. The molecule has 6 rings (SSSR count). The number of ether oxygens (including phenoxy) is 3. The van der Waals surface area contributed by atoms with E-state index < -0.39 is 65.2 Å². The highest BCUT2D eigenvalue weighted by atomic mass is 19.1. The quantitative estimate of drug-likeness (QED) is 0.295. The molecule has 4 heterocycles. The number of aliphatic hydroxyl groups excluding tert-OH is 1. The average Bonchev–Trinajstić information content (AvgIpc) is 3.66. The van der Waals surface area contributed by atoms with Crippen LogP contribution in [0.2, 0.25) is 0 Å². The fraction of sp³-hybridized carbons (Fsp3) is 0.441. The summed E-state index contributed by atoms with van der Waals surface area (Å²) in [7, 11) is 1.47. The SMILES string of the molecule is [2H]C([2H])([2H])N(C(=O)OC(C)(C)C)c1nc(-c2cnn(C)c2-c2c(F)cc3c(c2C#N)OC2(CC2)CN3C(=O)OC(C)(C)C)cc2c(CO)n[nH]c(=O)c12. The average molecular weight is 692 g/mol. The number of halogens is 1. The van der Waals surface area contributed by atoms with Gasteiger partial charge in [-0.2, -0.15) is 15.5 Å². The van der Waals surface area contributed by atoms with Crippen LogP contribution in [-0.4, -0.2) is 72.6 Å². The van der Waals surface area contributed by atoms with Gasteiger partial charge >= 0.3 is 12.2 Å². The summed E-state index contributed by atoms with van der Waals surface area (Å²) in [5, 5.41) is 30.7. The lowest BCUT2D eigenvalue weighted by Gasteiger charge is -2.37. The molecular weight excluding hydrogens is 651 g/mol. The number of H-pyrrole nitrogens is 1. The van der Waals surface area contributed by atoms with Crippen LogP contribution in [0, 0.1) is 17.1 Å².